The van der Waals surface area contributed by atoms with E-state index in [1.54, 1.807) is 0 Å². The third-order valence-electron chi connectivity index (χ3n) is 2.74. The molecule has 4 nitrogen and oxygen atoms in total. The van der Waals surface area contributed by atoms with Gasteiger partial charge in [0.25, 0.3) is 0 Å². The van der Waals surface area contributed by atoms with Crippen LogP contribution in [0.15, 0.2) is 29.4 Å². The first-order valence-corrected chi connectivity index (χ1v) is 5.10. The van der Waals surface area contributed by atoms with Crippen LogP contribution >= 0.6 is 0 Å². The molecule has 0 radical (unpaired) electrons. The molecule has 1 aliphatic carbocycles. The fourth-order valence-corrected chi connectivity index (χ4v) is 1.84. The highest BCUT2D eigenvalue weighted by Crippen LogP contribution is 2.43. The van der Waals surface area contributed by atoms with E-state index in [0.29, 0.717) is 5.92 Å². The van der Waals surface area contributed by atoms with Crippen molar-refractivity contribution in [2.75, 3.05) is 6.61 Å². The Labute approximate surface area is 88.2 Å². The predicted octanol–water partition coefficient (Wildman–Crippen LogP) is 2.91. The van der Waals surface area contributed by atoms with Gasteiger partial charge in [0.05, 0.1) is 12.6 Å². The number of aliphatic hydroxyl groups excluding tert-OH is 1. The molecule has 1 unspecified atom stereocenters. The molecule has 15 heavy (non-hydrogen) atoms. The van der Waals surface area contributed by atoms with E-state index in [0.717, 1.165) is 5.56 Å². The highest BCUT2D eigenvalue weighted by atomic mass is 16.3. The summed E-state index contributed by atoms with van der Waals surface area (Å²) in [5.74, 6) is 0.601. The lowest BCUT2D eigenvalue weighted by Gasteiger charge is -2.13. The summed E-state index contributed by atoms with van der Waals surface area (Å²) in [7, 11) is 0. The van der Waals surface area contributed by atoms with Gasteiger partial charge in [0.15, 0.2) is 0 Å². The SMILES string of the molecule is [N-]=[N+]=NC(CO)c1ccccc1C1CC1. The molecule has 0 spiro atoms. The van der Waals surface area contributed by atoms with E-state index < -0.39 is 6.04 Å². The minimum absolute atomic E-state index is 0.131. The normalized spacial score (nSPS) is 16.9. The summed E-state index contributed by atoms with van der Waals surface area (Å²) in [6.45, 7) is -0.131. The summed E-state index contributed by atoms with van der Waals surface area (Å²) >= 11 is 0. The number of azide groups is 1. The summed E-state index contributed by atoms with van der Waals surface area (Å²) in [5, 5.41) is 12.8. The number of benzene rings is 1. The molecule has 0 heterocycles. The van der Waals surface area contributed by atoms with Crippen LogP contribution in [0.4, 0.5) is 0 Å². The maximum Gasteiger partial charge on any atom is 0.0859 e. The minimum Gasteiger partial charge on any atom is -0.396 e. The van der Waals surface area contributed by atoms with Crippen LogP contribution in [0.1, 0.15) is 35.9 Å². The topological polar surface area (TPSA) is 69.0 Å². The molecule has 4 heteroatoms. The van der Waals surface area contributed by atoms with E-state index in [1.165, 1.54) is 18.4 Å². The van der Waals surface area contributed by atoms with Crippen molar-refractivity contribution >= 4 is 0 Å². The average molecular weight is 203 g/mol. The number of hydrogen-bond acceptors (Lipinski definition) is 2. The Kier molecular flexibility index (Phi) is 2.90. The molecule has 1 aromatic rings. The standard InChI is InChI=1S/C11H13N3O/c12-14-13-11(7-15)10-4-2-1-3-9(10)8-5-6-8/h1-4,8,11,15H,5-7H2. The van der Waals surface area contributed by atoms with Gasteiger partial charge in [-0.1, -0.05) is 29.4 Å². The van der Waals surface area contributed by atoms with E-state index in [1.807, 2.05) is 18.2 Å². The first-order valence-electron chi connectivity index (χ1n) is 5.10. The Morgan fingerprint density at radius 2 is 2.20 bits per heavy atom. The van der Waals surface area contributed by atoms with Crippen molar-refractivity contribution < 1.29 is 5.11 Å². The van der Waals surface area contributed by atoms with Gasteiger partial charge in [-0.05, 0) is 35.4 Å². The minimum atomic E-state index is -0.438. The summed E-state index contributed by atoms with van der Waals surface area (Å²) < 4.78 is 0. The van der Waals surface area contributed by atoms with E-state index in [2.05, 4.69) is 16.1 Å². The fraction of sp³-hybridized carbons (Fsp3) is 0.455. The van der Waals surface area contributed by atoms with Crippen LogP contribution in [0.25, 0.3) is 10.4 Å². The second-order valence-electron chi connectivity index (χ2n) is 3.81. The average Bonchev–Trinajstić information content (AvgIpc) is 3.10. The van der Waals surface area contributed by atoms with Crippen LogP contribution < -0.4 is 0 Å². The number of hydrogen-bond donors (Lipinski definition) is 1. The van der Waals surface area contributed by atoms with Gasteiger partial charge in [-0.25, -0.2) is 0 Å². The van der Waals surface area contributed by atoms with Crippen molar-refractivity contribution in [3.05, 3.63) is 45.8 Å². The molecule has 0 aliphatic heterocycles. The molecule has 0 amide bonds. The molecule has 1 N–H and O–H groups in total. The number of nitrogens with zero attached hydrogens (tertiary/aromatic N) is 3. The van der Waals surface area contributed by atoms with Gasteiger partial charge in [0.2, 0.25) is 0 Å². The van der Waals surface area contributed by atoms with E-state index in [4.69, 9.17) is 5.53 Å². The molecule has 1 fully saturated rings. The molecule has 1 aliphatic rings. The maximum absolute atomic E-state index is 9.17. The van der Waals surface area contributed by atoms with Crippen molar-refractivity contribution in [3.8, 4) is 0 Å². The second kappa shape index (κ2) is 4.34. The van der Waals surface area contributed by atoms with Crippen LogP contribution in [-0.4, -0.2) is 11.7 Å². The van der Waals surface area contributed by atoms with Gasteiger partial charge < -0.3 is 5.11 Å². The van der Waals surface area contributed by atoms with Crippen LogP contribution in [0.3, 0.4) is 0 Å². The van der Waals surface area contributed by atoms with Crippen molar-refractivity contribution in [2.45, 2.75) is 24.8 Å². The van der Waals surface area contributed by atoms with Crippen LogP contribution in [-0.2, 0) is 0 Å². The van der Waals surface area contributed by atoms with Crippen molar-refractivity contribution in [2.24, 2.45) is 5.11 Å². The Morgan fingerprint density at radius 3 is 2.80 bits per heavy atom. The Hall–Kier alpha value is -1.51. The summed E-state index contributed by atoms with van der Waals surface area (Å²) in [6.07, 6.45) is 2.40. The first-order chi connectivity index (χ1) is 7.36. The molecule has 1 saturated carbocycles. The summed E-state index contributed by atoms with van der Waals surface area (Å²) in [4.78, 5) is 2.77. The van der Waals surface area contributed by atoms with Crippen LogP contribution in [0.2, 0.25) is 0 Å². The molecule has 2 rings (SSSR count). The van der Waals surface area contributed by atoms with E-state index >= 15 is 0 Å². The summed E-state index contributed by atoms with van der Waals surface area (Å²) in [6, 6.07) is 7.45. The van der Waals surface area contributed by atoms with Gasteiger partial charge in [-0.2, -0.15) is 0 Å². The Morgan fingerprint density at radius 1 is 1.47 bits per heavy atom. The number of aliphatic hydroxyl groups is 1. The van der Waals surface area contributed by atoms with Gasteiger partial charge in [0.1, 0.15) is 0 Å². The van der Waals surface area contributed by atoms with Crippen LogP contribution in [0.5, 0.6) is 0 Å². The molecule has 0 bridgehead atoms. The molecule has 0 aromatic heterocycles. The summed E-state index contributed by atoms with van der Waals surface area (Å²) in [5.41, 5.74) is 10.6. The molecule has 78 valence electrons. The lowest BCUT2D eigenvalue weighted by Crippen LogP contribution is -2.03. The highest BCUT2D eigenvalue weighted by molar-refractivity contribution is 5.35. The molecule has 1 atom stereocenters. The van der Waals surface area contributed by atoms with E-state index in [9.17, 15) is 5.11 Å². The zero-order chi connectivity index (χ0) is 10.7. The maximum atomic E-state index is 9.17. The lowest BCUT2D eigenvalue weighted by molar-refractivity contribution is 0.267. The Bertz CT molecular complexity index is 395. The fourth-order valence-electron chi connectivity index (χ4n) is 1.84. The number of rotatable bonds is 4. The van der Waals surface area contributed by atoms with Crippen molar-refractivity contribution in [3.63, 3.8) is 0 Å². The first kappa shape index (κ1) is 10.0. The quantitative estimate of drug-likeness (QED) is 0.456. The molecule has 1 aromatic carbocycles. The van der Waals surface area contributed by atoms with Crippen molar-refractivity contribution in [1.82, 2.24) is 0 Å². The third-order valence-corrected chi connectivity index (χ3v) is 2.74. The second-order valence-corrected chi connectivity index (χ2v) is 3.81. The van der Waals surface area contributed by atoms with E-state index in [-0.39, 0.29) is 6.61 Å². The highest BCUT2D eigenvalue weighted by Gasteiger charge is 2.27. The third kappa shape index (κ3) is 2.12. The molecule has 0 saturated heterocycles. The van der Waals surface area contributed by atoms with Gasteiger partial charge in [-0.3, -0.25) is 0 Å². The molecular weight excluding hydrogens is 190 g/mol. The van der Waals surface area contributed by atoms with Crippen molar-refractivity contribution in [1.29, 1.82) is 0 Å². The zero-order valence-electron chi connectivity index (χ0n) is 8.37. The van der Waals surface area contributed by atoms with Gasteiger partial charge in [0, 0.05) is 4.91 Å². The van der Waals surface area contributed by atoms with Gasteiger partial charge >= 0.3 is 0 Å². The monoisotopic (exact) mass is 203 g/mol. The molecular formula is C11H13N3O. The predicted molar refractivity (Wildman–Crippen MR) is 57.4 cm³/mol. The zero-order valence-corrected chi connectivity index (χ0v) is 8.37. The Balaban J connectivity index is 2.35. The smallest absolute Gasteiger partial charge is 0.0859 e. The van der Waals surface area contributed by atoms with Crippen LogP contribution in [0, 0.1) is 0 Å². The van der Waals surface area contributed by atoms with Gasteiger partial charge in [-0.15, -0.1) is 0 Å². The lowest BCUT2D eigenvalue weighted by atomic mass is 9.98. The largest absolute Gasteiger partial charge is 0.396 e.